The van der Waals surface area contributed by atoms with Crippen molar-refractivity contribution in [2.75, 3.05) is 10.6 Å². The van der Waals surface area contributed by atoms with E-state index >= 15 is 0 Å². The number of urea groups is 1. The van der Waals surface area contributed by atoms with Crippen LogP contribution >= 0.6 is 11.3 Å². The number of nitrogens with two attached hydrogens (primary N) is 1. The number of rotatable bonds is 3. The molecule has 23 heavy (non-hydrogen) atoms. The molecule has 0 radical (unpaired) electrons. The maximum absolute atomic E-state index is 13.7. The van der Waals surface area contributed by atoms with Crippen LogP contribution in [0.25, 0.3) is 10.1 Å². The molecule has 7 heteroatoms. The largest absolute Gasteiger partial charge is 0.351 e. The monoisotopic (exact) mass is 329 g/mol. The minimum atomic E-state index is -0.658. The maximum Gasteiger partial charge on any atom is 0.316 e. The Morgan fingerprint density at radius 1 is 1.00 bits per heavy atom. The van der Waals surface area contributed by atoms with Crippen molar-refractivity contribution in [2.45, 2.75) is 0 Å². The number of halogens is 1. The third kappa shape index (κ3) is 3.29. The van der Waals surface area contributed by atoms with Crippen molar-refractivity contribution in [3.05, 3.63) is 59.2 Å². The van der Waals surface area contributed by atoms with Crippen LogP contribution < -0.4 is 16.4 Å². The van der Waals surface area contributed by atoms with Crippen molar-refractivity contribution in [3.8, 4) is 0 Å². The van der Waals surface area contributed by atoms with Gasteiger partial charge in [-0.05, 0) is 42.5 Å². The van der Waals surface area contributed by atoms with Crippen LogP contribution in [0.4, 0.5) is 20.6 Å². The van der Waals surface area contributed by atoms with E-state index in [1.165, 1.54) is 23.5 Å². The fourth-order valence-electron chi connectivity index (χ4n) is 2.11. The number of anilines is 2. The topological polar surface area (TPSA) is 84.2 Å². The number of thiophene rings is 1. The maximum atomic E-state index is 13.7. The van der Waals surface area contributed by atoms with Gasteiger partial charge < -0.3 is 16.4 Å². The molecule has 0 spiro atoms. The molecule has 0 unspecified atom stereocenters. The van der Waals surface area contributed by atoms with E-state index in [1.54, 1.807) is 36.4 Å². The van der Waals surface area contributed by atoms with E-state index in [0.717, 1.165) is 4.70 Å². The SMILES string of the molecule is NC(=O)Nc1ccc(NC(=O)c2cc3c(F)cccc3s2)cc1. The number of benzene rings is 2. The van der Waals surface area contributed by atoms with Crippen LogP contribution in [-0.4, -0.2) is 11.9 Å². The summed E-state index contributed by atoms with van der Waals surface area (Å²) in [6, 6.07) is 12.1. The van der Waals surface area contributed by atoms with Crippen LogP contribution in [0.15, 0.2) is 48.5 Å². The molecule has 3 rings (SSSR count). The smallest absolute Gasteiger partial charge is 0.316 e. The second-order valence-electron chi connectivity index (χ2n) is 4.78. The average molecular weight is 329 g/mol. The average Bonchev–Trinajstić information content (AvgIpc) is 2.94. The Kier molecular flexibility index (Phi) is 3.94. The highest BCUT2D eigenvalue weighted by atomic mass is 32.1. The second kappa shape index (κ2) is 6.05. The Balaban J connectivity index is 1.77. The number of carbonyl (C=O) groups excluding carboxylic acids is 2. The molecule has 0 aliphatic rings. The predicted octanol–water partition coefficient (Wildman–Crippen LogP) is 3.78. The van der Waals surface area contributed by atoms with Gasteiger partial charge in [0.05, 0.1) is 4.88 Å². The Labute approximate surface area is 134 Å². The molecule has 4 N–H and O–H groups in total. The predicted molar refractivity (Wildman–Crippen MR) is 89.4 cm³/mol. The summed E-state index contributed by atoms with van der Waals surface area (Å²) in [6.45, 7) is 0. The summed E-state index contributed by atoms with van der Waals surface area (Å²) in [7, 11) is 0. The van der Waals surface area contributed by atoms with Gasteiger partial charge in [0.2, 0.25) is 0 Å². The minimum absolute atomic E-state index is 0.318. The van der Waals surface area contributed by atoms with E-state index in [0.29, 0.717) is 21.6 Å². The van der Waals surface area contributed by atoms with Crippen molar-refractivity contribution >= 4 is 44.7 Å². The van der Waals surface area contributed by atoms with Crippen molar-refractivity contribution in [2.24, 2.45) is 5.73 Å². The number of nitrogens with one attached hydrogen (secondary N) is 2. The van der Waals surface area contributed by atoms with Crippen LogP contribution in [0.1, 0.15) is 9.67 Å². The molecule has 0 saturated heterocycles. The summed E-state index contributed by atoms with van der Waals surface area (Å²) in [5.74, 6) is -0.666. The molecular weight excluding hydrogens is 317 g/mol. The quantitative estimate of drug-likeness (QED) is 0.683. The zero-order valence-electron chi connectivity index (χ0n) is 11.8. The van der Waals surface area contributed by atoms with Crippen LogP contribution in [0.2, 0.25) is 0 Å². The number of fused-ring (bicyclic) bond motifs is 1. The molecule has 1 aromatic heterocycles. The molecule has 3 amide bonds. The second-order valence-corrected chi connectivity index (χ2v) is 5.87. The van der Waals surface area contributed by atoms with E-state index in [4.69, 9.17) is 5.73 Å². The molecule has 0 saturated carbocycles. The lowest BCUT2D eigenvalue weighted by Gasteiger charge is -2.05. The Bertz CT molecular complexity index is 890. The zero-order chi connectivity index (χ0) is 16.4. The molecule has 0 atom stereocenters. The molecule has 116 valence electrons. The van der Waals surface area contributed by atoms with E-state index < -0.39 is 6.03 Å². The van der Waals surface area contributed by atoms with Gasteiger partial charge >= 0.3 is 6.03 Å². The van der Waals surface area contributed by atoms with Crippen LogP contribution in [0.3, 0.4) is 0 Å². The molecular formula is C16H12FN3O2S. The molecule has 0 bridgehead atoms. The van der Waals surface area contributed by atoms with Crippen molar-refractivity contribution in [3.63, 3.8) is 0 Å². The summed E-state index contributed by atoms with van der Waals surface area (Å²) in [5.41, 5.74) is 6.10. The van der Waals surface area contributed by atoms with Crippen LogP contribution in [0, 0.1) is 5.82 Å². The zero-order valence-corrected chi connectivity index (χ0v) is 12.6. The van der Waals surface area contributed by atoms with E-state index in [9.17, 15) is 14.0 Å². The van der Waals surface area contributed by atoms with Gasteiger partial charge in [-0.2, -0.15) is 0 Å². The van der Waals surface area contributed by atoms with Crippen LogP contribution in [-0.2, 0) is 0 Å². The first-order valence-corrected chi connectivity index (χ1v) is 7.50. The highest BCUT2D eigenvalue weighted by molar-refractivity contribution is 7.20. The lowest BCUT2D eigenvalue weighted by atomic mass is 10.2. The summed E-state index contributed by atoms with van der Waals surface area (Å²) < 4.78 is 14.4. The Morgan fingerprint density at radius 2 is 1.65 bits per heavy atom. The summed E-state index contributed by atoms with van der Waals surface area (Å²) in [6.07, 6.45) is 0. The molecule has 3 aromatic rings. The first-order valence-electron chi connectivity index (χ1n) is 6.69. The highest BCUT2D eigenvalue weighted by Crippen LogP contribution is 2.28. The van der Waals surface area contributed by atoms with Crippen molar-refractivity contribution in [1.29, 1.82) is 0 Å². The number of primary amides is 1. The molecule has 0 aliphatic heterocycles. The fraction of sp³-hybridized carbons (Fsp3) is 0. The van der Waals surface area contributed by atoms with E-state index in [-0.39, 0.29) is 11.7 Å². The van der Waals surface area contributed by atoms with Gasteiger partial charge in [-0.25, -0.2) is 9.18 Å². The molecule has 2 aromatic carbocycles. The first kappa shape index (κ1) is 15.0. The summed E-state index contributed by atoms with van der Waals surface area (Å²) in [4.78, 5) is 23.4. The van der Waals surface area contributed by atoms with Crippen LogP contribution in [0.5, 0.6) is 0 Å². The molecule has 0 fully saturated rings. The minimum Gasteiger partial charge on any atom is -0.351 e. The molecule has 5 nitrogen and oxygen atoms in total. The van der Waals surface area contributed by atoms with Gasteiger partial charge in [0.15, 0.2) is 0 Å². The van der Waals surface area contributed by atoms with Crippen molar-refractivity contribution in [1.82, 2.24) is 0 Å². The lowest BCUT2D eigenvalue weighted by Crippen LogP contribution is -2.19. The highest BCUT2D eigenvalue weighted by Gasteiger charge is 2.12. The third-order valence-electron chi connectivity index (χ3n) is 3.14. The van der Waals surface area contributed by atoms with E-state index in [1.807, 2.05) is 0 Å². The molecule has 0 aliphatic carbocycles. The summed E-state index contributed by atoms with van der Waals surface area (Å²) >= 11 is 1.22. The number of hydrogen-bond donors (Lipinski definition) is 3. The lowest BCUT2D eigenvalue weighted by molar-refractivity contribution is 0.103. The number of hydrogen-bond acceptors (Lipinski definition) is 3. The number of amides is 3. The number of carbonyl (C=O) groups is 2. The Morgan fingerprint density at radius 3 is 2.26 bits per heavy atom. The third-order valence-corrected chi connectivity index (χ3v) is 4.24. The first-order chi connectivity index (χ1) is 11.0. The standard InChI is InChI=1S/C16H12FN3O2S/c17-12-2-1-3-13-11(12)8-14(23-13)15(21)19-9-4-6-10(7-5-9)20-16(18)22/h1-8H,(H,19,21)(H3,18,20,22). The molecule has 1 heterocycles. The van der Waals surface area contributed by atoms with Gasteiger partial charge in [0, 0.05) is 21.5 Å². The van der Waals surface area contributed by atoms with Gasteiger partial charge in [-0.15, -0.1) is 11.3 Å². The van der Waals surface area contributed by atoms with Crippen molar-refractivity contribution < 1.29 is 14.0 Å². The van der Waals surface area contributed by atoms with Gasteiger partial charge in [-0.3, -0.25) is 4.79 Å². The van der Waals surface area contributed by atoms with Gasteiger partial charge in [-0.1, -0.05) is 6.07 Å². The van der Waals surface area contributed by atoms with E-state index in [2.05, 4.69) is 10.6 Å². The normalized spacial score (nSPS) is 10.5. The van der Waals surface area contributed by atoms with Gasteiger partial charge in [0.25, 0.3) is 5.91 Å². The Hall–Kier alpha value is -2.93. The summed E-state index contributed by atoms with van der Waals surface area (Å²) in [5, 5.41) is 5.59. The fourth-order valence-corrected chi connectivity index (χ4v) is 3.08. The van der Waals surface area contributed by atoms with Gasteiger partial charge in [0.1, 0.15) is 5.82 Å².